The number of amides is 2. The molecular formula is C21H20FN3O2. The van der Waals surface area contributed by atoms with Crippen LogP contribution in [0.1, 0.15) is 17.3 Å². The number of para-hydroxylation sites is 2. The lowest BCUT2D eigenvalue weighted by Gasteiger charge is -2.37. The van der Waals surface area contributed by atoms with Crippen LogP contribution in [0, 0.1) is 5.82 Å². The molecule has 1 aromatic heterocycles. The molecule has 0 saturated carbocycles. The van der Waals surface area contributed by atoms with Crippen LogP contribution in [-0.4, -0.2) is 29.2 Å². The summed E-state index contributed by atoms with van der Waals surface area (Å²) in [7, 11) is 1.56. The number of rotatable bonds is 3. The van der Waals surface area contributed by atoms with Crippen LogP contribution in [0.2, 0.25) is 0 Å². The van der Waals surface area contributed by atoms with Gasteiger partial charge in [-0.25, -0.2) is 9.18 Å². The molecule has 0 saturated heterocycles. The van der Waals surface area contributed by atoms with E-state index in [1.165, 1.54) is 6.07 Å². The van der Waals surface area contributed by atoms with Gasteiger partial charge in [-0.3, -0.25) is 0 Å². The fourth-order valence-corrected chi connectivity index (χ4v) is 3.56. The molecule has 1 atom stereocenters. The molecule has 0 aliphatic carbocycles. The number of carbonyl (C=O) groups excluding carboxylic acids is 1. The number of aromatic nitrogens is 1. The first-order valence-corrected chi connectivity index (χ1v) is 8.79. The van der Waals surface area contributed by atoms with Crippen molar-refractivity contribution in [1.82, 2.24) is 9.47 Å². The fourth-order valence-electron chi connectivity index (χ4n) is 3.56. The molecule has 2 heterocycles. The van der Waals surface area contributed by atoms with Gasteiger partial charge in [-0.15, -0.1) is 0 Å². The molecule has 0 unspecified atom stereocenters. The Morgan fingerprint density at radius 2 is 1.85 bits per heavy atom. The van der Waals surface area contributed by atoms with Gasteiger partial charge in [0, 0.05) is 30.5 Å². The summed E-state index contributed by atoms with van der Waals surface area (Å²) in [6.07, 6.45) is 1.96. The summed E-state index contributed by atoms with van der Waals surface area (Å²) in [5, 5.41) is 2.90. The van der Waals surface area contributed by atoms with E-state index in [1.54, 1.807) is 42.3 Å². The lowest BCUT2D eigenvalue weighted by Crippen LogP contribution is -2.44. The summed E-state index contributed by atoms with van der Waals surface area (Å²) in [4.78, 5) is 14.8. The minimum Gasteiger partial charge on any atom is -0.495 e. The van der Waals surface area contributed by atoms with E-state index in [0.29, 0.717) is 30.1 Å². The number of hydrogen-bond acceptors (Lipinski definition) is 2. The Balaban J connectivity index is 1.70. The van der Waals surface area contributed by atoms with Crippen LogP contribution >= 0.6 is 0 Å². The molecule has 1 N–H and O–H groups in total. The molecule has 0 radical (unpaired) electrons. The van der Waals surface area contributed by atoms with Crippen LogP contribution in [0.25, 0.3) is 0 Å². The van der Waals surface area contributed by atoms with Crippen molar-refractivity contribution in [2.75, 3.05) is 19.0 Å². The van der Waals surface area contributed by atoms with E-state index in [2.05, 4.69) is 9.88 Å². The molecule has 1 aliphatic rings. The second kappa shape index (κ2) is 7.15. The molecule has 0 fully saturated rings. The summed E-state index contributed by atoms with van der Waals surface area (Å²) in [6, 6.07) is 16.9. The highest BCUT2D eigenvalue weighted by Gasteiger charge is 2.34. The Morgan fingerprint density at radius 3 is 2.67 bits per heavy atom. The van der Waals surface area contributed by atoms with E-state index in [0.717, 1.165) is 5.69 Å². The van der Waals surface area contributed by atoms with Gasteiger partial charge >= 0.3 is 6.03 Å². The normalized spacial score (nSPS) is 15.9. The smallest absolute Gasteiger partial charge is 0.322 e. The Morgan fingerprint density at radius 1 is 1.07 bits per heavy atom. The quantitative estimate of drug-likeness (QED) is 0.753. The molecule has 138 valence electrons. The number of fused-ring (bicyclic) bond motifs is 1. The molecule has 2 aromatic carbocycles. The van der Waals surface area contributed by atoms with Gasteiger partial charge in [0.25, 0.3) is 0 Å². The molecule has 5 nitrogen and oxygen atoms in total. The van der Waals surface area contributed by atoms with Crippen molar-refractivity contribution in [2.45, 2.75) is 12.6 Å². The lowest BCUT2D eigenvalue weighted by atomic mass is 9.99. The van der Waals surface area contributed by atoms with Crippen molar-refractivity contribution < 1.29 is 13.9 Å². The highest BCUT2D eigenvalue weighted by Crippen LogP contribution is 2.34. The van der Waals surface area contributed by atoms with E-state index < -0.39 is 6.04 Å². The second-order valence-corrected chi connectivity index (χ2v) is 6.37. The largest absolute Gasteiger partial charge is 0.495 e. The molecule has 0 bridgehead atoms. The number of ether oxygens (including phenoxy) is 1. The average molecular weight is 365 g/mol. The minimum atomic E-state index is -0.496. The van der Waals surface area contributed by atoms with Crippen LogP contribution in [0.15, 0.2) is 66.9 Å². The van der Waals surface area contributed by atoms with Gasteiger partial charge in [0.2, 0.25) is 0 Å². The SMILES string of the molecule is COc1ccccc1NC(=O)N1CCn2cccc2[C@@H]1c1ccccc1F. The van der Waals surface area contributed by atoms with Gasteiger partial charge in [0.15, 0.2) is 0 Å². The number of nitrogens with one attached hydrogen (secondary N) is 1. The first-order valence-electron chi connectivity index (χ1n) is 8.79. The Kier molecular flexibility index (Phi) is 4.54. The van der Waals surface area contributed by atoms with E-state index in [1.807, 2.05) is 30.5 Å². The third-order valence-electron chi connectivity index (χ3n) is 4.85. The third-order valence-corrected chi connectivity index (χ3v) is 4.85. The Labute approximate surface area is 157 Å². The molecule has 1 aliphatic heterocycles. The average Bonchev–Trinajstić information content (AvgIpc) is 3.17. The predicted molar refractivity (Wildman–Crippen MR) is 101 cm³/mol. The van der Waals surface area contributed by atoms with Gasteiger partial charge in [0.1, 0.15) is 17.6 Å². The topological polar surface area (TPSA) is 46.5 Å². The highest BCUT2D eigenvalue weighted by atomic mass is 19.1. The standard InChI is InChI=1S/C21H20FN3O2/c1-27-19-11-5-4-9-17(19)23-21(26)25-14-13-24-12-6-10-18(24)20(25)15-7-2-3-8-16(15)22/h2-12,20H,13-14H2,1H3,(H,23,26)/t20-/m0/s1. The van der Waals surface area contributed by atoms with E-state index in [4.69, 9.17) is 4.74 Å². The summed E-state index contributed by atoms with van der Waals surface area (Å²) in [5.41, 5.74) is 1.95. The zero-order valence-corrected chi connectivity index (χ0v) is 14.9. The van der Waals surface area contributed by atoms with Crippen molar-refractivity contribution >= 4 is 11.7 Å². The zero-order valence-electron chi connectivity index (χ0n) is 14.9. The van der Waals surface area contributed by atoms with Crippen molar-refractivity contribution in [3.05, 3.63) is 83.9 Å². The minimum absolute atomic E-state index is 0.291. The van der Waals surface area contributed by atoms with Gasteiger partial charge in [-0.05, 0) is 30.3 Å². The summed E-state index contributed by atoms with van der Waals surface area (Å²) >= 11 is 0. The van der Waals surface area contributed by atoms with Gasteiger partial charge < -0.3 is 19.5 Å². The van der Waals surface area contributed by atoms with E-state index in [-0.39, 0.29) is 11.8 Å². The van der Waals surface area contributed by atoms with Crippen molar-refractivity contribution in [3.63, 3.8) is 0 Å². The maximum absolute atomic E-state index is 14.6. The highest BCUT2D eigenvalue weighted by molar-refractivity contribution is 5.91. The van der Waals surface area contributed by atoms with Crippen molar-refractivity contribution in [1.29, 1.82) is 0 Å². The molecule has 0 spiro atoms. The first-order chi connectivity index (χ1) is 13.2. The number of anilines is 1. The summed E-state index contributed by atoms with van der Waals surface area (Å²) in [5.74, 6) is 0.251. The first kappa shape index (κ1) is 17.1. The van der Waals surface area contributed by atoms with Crippen LogP contribution in [0.3, 0.4) is 0 Å². The van der Waals surface area contributed by atoms with Crippen LogP contribution in [-0.2, 0) is 6.54 Å². The predicted octanol–water partition coefficient (Wildman–Crippen LogP) is 4.27. The maximum Gasteiger partial charge on any atom is 0.322 e. The van der Waals surface area contributed by atoms with Crippen molar-refractivity contribution in [3.8, 4) is 5.75 Å². The van der Waals surface area contributed by atoms with Crippen LogP contribution in [0.4, 0.5) is 14.9 Å². The molecule has 6 heteroatoms. The zero-order chi connectivity index (χ0) is 18.8. The van der Waals surface area contributed by atoms with Crippen molar-refractivity contribution in [2.24, 2.45) is 0 Å². The lowest BCUT2D eigenvalue weighted by molar-refractivity contribution is 0.180. The molecular weight excluding hydrogens is 345 g/mol. The number of methoxy groups -OCH3 is 1. The molecule has 3 aromatic rings. The number of urea groups is 1. The second-order valence-electron chi connectivity index (χ2n) is 6.37. The number of halogens is 1. The number of carbonyl (C=O) groups is 1. The number of nitrogens with zero attached hydrogens (tertiary/aromatic N) is 2. The van der Waals surface area contributed by atoms with E-state index >= 15 is 0 Å². The molecule has 4 rings (SSSR count). The third kappa shape index (κ3) is 3.14. The Hall–Kier alpha value is -3.28. The Bertz CT molecular complexity index is 969. The summed E-state index contributed by atoms with van der Waals surface area (Å²) < 4.78 is 21.9. The van der Waals surface area contributed by atoms with Crippen LogP contribution < -0.4 is 10.1 Å². The molecule has 27 heavy (non-hydrogen) atoms. The maximum atomic E-state index is 14.6. The van der Waals surface area contributed by atoms with Gasteiger partial charge in [-0.1, -0.05) is 30.3 Å². The number of hydrogen-bond donors (Lipinski definition) is 1. The molecule has 2 amide bonds. The van der Waals surface area contributed by atoms with E-state index in [9.17, 15) is 9.18 Å². The van der Waals surface area contributed by atoms with Gasteiger partial charge in [-0.2, -0.15) is 0 Å². The van der Waals surface area contributed by atoms with Crippen LogP contribution in [0.5, 0.6) is 5.75 Å². The summed E-state index contributed by atoms with van der Waals surface area (Å²) in [6.45, 7) is 1.13. The van der Waals surface area contributed by atoms with Gasteiger partial charge in [0.05, 0.1) is 12.8 Å². The monoisotopic (exact) mass is 365 g/mol. The fraction of sp³-hybridized carbons (Fsp3) is 0.190. The number of benzene rings is 2.